The van der Waals surface area contributed by atoms with Crippen molar-refractivity contribution in [2.45, 2.75) is 29.9 Å². The van der Waals surface area contributed by atoms with Crippen molar-refractivity contribution in [2.75, 3.05) is 27.2 Å². The third-order valence-electron chi connectivity index (χ3n) is 4.94. The maximum atomic E-state index is 13.0. The number of amides is 1. The molecule has 0 aromatic heterocycles. The van der Waals surface area contributed by atoms with Gasteiger partial charge in [0.15, 0.2) is 0 Å². The highest BCUT2D eigenvalue weighted by atomic mass is 32.2. The molecule has 6 nitrogen and oxygen atoms in total. The second-order valence-electron chi connectivity index (χ2n) is 6.23. The van der Waals surface area contributed by atoms with Crippen LogP contribution in [0.3, 0.4) is 0 Å². The van der Waals surface area contributed by atoms with Gasteiger partial charge in [-0.2, -0.15) is 0 Å². The number of carbonyl (C=O) groups excluding carboxylic acids is 1. The number of nitrogens with zero attached hydrogens (tertiary/aromatic N) is 1. The Morgan fingerprint density at radius 2 is 2.13 bits per heavy atom. The summed E-state index contributed by atoms with van der Waals surface area (Å²) in [5.74, 6) is 0.776. The van der Waals surface area contributed by atoms with Crippen molar-refractivity contribution < 1.29 is 17.9 Å². The Balaban J connectivity index is 1.78. The predicted octanol–water partition coefficient (Wildman–Crippen LogP) is 0.877. The zero-order chi connectivity index (χ0) is 16.7. The maximum Gasteiger partial charge on any atom is 0.233 e. The van der Waals surface area contributed by atoms with Crippen LogP contribution in [0.5, 0.6) is 5.75 Å². The molecule has 2 aliphatic rings. The third-order valence-corrected chi connectivity index (χ3v) is 6.77. The second kappa shape index (κ2) is 5.79. The first kappa shape index (κ1) is 16.3. The third kappa shape index (κ3) is 2.83. The average Bonchev–Trinajstić information content (AvgIpc) is 3.23. The van der Waals surface area contributed by atoms with Gasteiger partial charge in [0.25, 0.3) is 0 Å². The molecule has 23 heavy (non-hydrogen) atoms. The number of hydrogen-bond acceptors (Lipinski definition) is 4. The molecule has 2 fully saturated rings. The van der Waals surface area contributed by atoms with Gasteiger partial charge in [-0.25, -0.2) is 13.1 Å². The van der Waals surface area contributed by atoms with Crippen LogP contribution in [-0.4, -0.2) is 51.7 Å². The van der Waals surface area contributed by atoms with Crippen LogP contribution in [0.4, 0.5) is 0 Å². The zero-order valence-corrected chi connectivity index (χ0v) is 14.2. The molecule has 0 bridgehead atoms. The minimum absolute atomic E-state index is 0.0413. The molecule has 126 valence electrons. The van der Waals surface area contributed by atoms with Crippen molar-refractivity contribution in [3.63, 3.8) is 0 Å². The molecule has 1 atom stereocenters. The van der Waals surface area contributed by atoms with E-state index in [0.29, 0.717) is 13.0 Å². The van der Waals surface area contributed by atoms with Gasteiger partial charge in [0.1, 0.15) is 5.75 Å². The van der Waals surface area contributed by atoms with Crippen LogP contribution in [0.1, 0.15) is 24.8 Å². The summed E-state index contributed by atoms with van der Waals surface area (Å²) in [6, 6.07) is 7.60. The van der Waals surface area contributed by atoms with Crippen molar-refractivity contribution in [1.82, 2.24) is 9.62 Å². The van der Waals surface area contributed by atoms with E-state index in [9.17, 15) is 13.2 Å². The highest BCUT2D eigenvalue weighted by Crippen LogP contribution is 2.50. The van der Waals surface area contributed by atoms with Crippen molar-refractivity contribution in [3.05, 3.63) is 29.8 Å². The number of likely N-dealkylation sites (tertiary alicyclic amines) is 1. The zero-order valence-electron chi connectivity index (χ0n) is 13.4. The number of methoxy groups -OCH3 is 1. The van der Waals surface area contributed by atoms with Crippen LogP contribution >= 0.6 is 0 Å². The molecular weight excluding hydrogens is 316 g/mol. The van der Waals surface area contributed by atoms with Crippen LogP contribution < -0.4 is 9.46 Å². The summed E-state index contributed by atoms with van der Waals surface area (Å²) >= 11 is 0. The highest BCUT2D eigenvalue weighted by Gasteiger charge is 2.54. The Kier molecular flexibility index (Phi) is 4.10. The maximum absolute atomic E-state index is 13.0. The fraction of sp³-hybridized carbons (Fsp3) is 0.562. The largest absolute Gasteiger partial charge is 0.497 e. The standard InChI is InChI=1S/C16H22N2O4S/c1-17-23(20,21)14-6-9-18(11-14)15(19)16(7-8-16)12-4-3-5-13(10-12)22-2/h3-5,10,14,17H,6-9,11H2,1-2H3. The average molecular weight is 338 g/mol. The van der Waals surface area contributed by atoms with E-state index < -0.39 is 20.7 Å². The molecule has 0 spiro atoms. The molecule has 1 N–H and O–H groups in total. The number of hydrogen-bond donors (Lipinski definition) is 1. The first-order chi connectivity index (χ1) is 10.9. The Hall–Kier alpha value is -1.60. The number of ether oxygens (including phenoxy) is 1. The van der Waals surface area contributed by atoms with Gasteiger partial charge in [0.2, 0.25) is 15.9 Å². The number of rotatable bonds is 5. The lowest BCUT2D eigenvalue weighted by Gasteiger charge is -2.24. The summed E-state index contributed by atoms with van der Waals surface area (Å²) in [7, 11) is -0.308. The van der Waals surface area contributed by atoms with Crippen molar-refractivity contribution in [1.29, 1.82) is 0 Å². The van der Waals surface area contributed by atoms with E-state index >= 15 is 0 Å². The molecule has 7 heteroatoms. The van der Waals surface area contributed by atoms with Gasteiger partial charge < -0.3 is 9.64 Å². The molecule has 1 aliphatic carbocycles. The lowest BCUT2D eigenvalue weighted by molar-refractivity contribution is -0.132. The van der Waals surface area contributed by atoms with Crippen LogP contribution in [0.2, 0.25) is 0 Å². The van der Waals surface area contributed by atoms with Crippen molar-refractivity contribution in [3.8, 4) is 5.75 Å². The topological polar surface area (TPSA) is 75.7 Å². The Morgan fingerprint density at radius 1 is 1.39 bits per heavy atom. The summed E-state index contributed by atoms with van der Waals surface area (Å²) < 4.78 is 31.5. The highest BCUT2D eigenvalue weighted by molar-refractivity contribution is 7.90. The second-order valence-corrected chi connectivity index (χ2v) is 8.39. The monoisotopic (exact) mass is 338 g/mol. The van der Waals surface area contributed by atoms with Gasteiger partial charge in [0, 0.05) is 13.1 Å². The Labute approximate surface area is 136 Å². The van der Waals surface area contributed by atoms with Gasteiger partial charge in [0.05, 0.1) is 17.8 Å². The SMILES string of the molecule is CNS(=O)(=O)C1CCN(C(=O)C2(c3cccc(OC)c3)CC2)C1. The van der Waals surface area contributed by atoms with Gasteiger partial charge in [-0.05, 0) is 44.0 Å². The number of benzene rings is 1. The molecule has 1 amide bonds. The molecule has 1 aromatic rings. The number of sulfonamides is 1. The molecule has 1 heterocycles. The van der Waals surface area contributed by atoms with Crippen LogP contribution in [-0.2, 0) is 20.2 Å². The Bertz CT molecular complexity index is 713. The summed E-state index contributed by atoms with van der Waals surface area (Å²) in [6.45, 7) is 0.768. The van der Waals surface area contributed by atoms with E-state index in [1.807, 2.05) is 24.3 Å². The molecule has 0 radical (unpaired) electrons. The van der Waals surface area contributed by atoms with E-state index in [1.54, 1.807) is 12.0 Å². The van der Waals surface area contributed by atoms with E-state index in [4.69, 9.17) is 4.74 Å². The van der Waals surface area contributed by atoms with Gasteiger partial charge in [-0.3, -0.25) is 4.79 Å². The fourth-order valence-electron chi connectivity index (χ4n) is 3.31. The normalized spacial score (nSPS) is 22.9. The first-order valence-corrected chi connectivity index (χ1v) is 9.34. The van der Waals surface area contributed by atoms with E-state index in [0.717, 1.165) is 24.2 Å². The minimum atomic E-state index is -3.33. The summed E-state index contributed by atoms with van der Waals surface area (Å²) in [5, 5.41) is -0.516. The van der Waals surface area contributed by atoms with Gasteiger partial charge in [-0.15, -0.1) is 0 Å². The number of carbonyl (C=O) groups is 1. The van der Waals surface area contributed by atoms with Gasteiger partial charge >= 0.3 is 0 Å². The molecular formula is C16H22N2O4S. The van der Waals surface area contributed by atoms with Crippen molar-refractivity contribution in [2.24, 2.45) is 0 Å². The van der Waals surface area contributed by atoms with Gasteiger partial charge in [-0.1, -0.05) is 12.1 Å². The molecule has 1 aliphatic heterocycles. The molecule has 1 saturated heterocycles. The lowest BCUT2D eigenvalue weighted by Crippen LogP contribution is -2.40. The Morgan fingerprint density at radius 3 is 2.74 bits per heavy atom. The summed E-state index contributed by atoms with van der Waals surface area (Å²) in [5.41, 5.74) is 0.467. The fourth-order valence-corrected chi connectivity index (χ4v) is 4.43. The molecule has 1 saturated carbocycles. The summed E-state index contributed by atoms with van der Waals surface area (Å²) in [4.78, 5) is 14.7. The van der Waals surface area contributed by atoms with Crippen LogP contribution in [0.25, 0.3) is 0 Å². The van der Waals surface area contributed by atoms with Crippen LogP contribution in [0.15, 0.2) is 24.3 Å². The number of nitrogens with one attached hydrogen (secondary N) is 1. The van der Waals surface area contributed by atoms with E-state index in [1.165, 1.54) is 7.05 Å². The molecule has 1 aromatic carbocycles. The summed E-state index contributed by atoms with van der Waals surface area (Å²) in [6.07, 6.45) is 2.10. The molecule has 1 unspecified atom stereocenters. The quantitative estimate of drug-likeness (QED) is 0.865. The molecule has 3 rings (SSSR count). The predicted molar refractivity (Wildman–Crippen MR) is 86.9 cm³/mol. The van der Waals surface area contributed by atoms with Crippen LogP contribution in [0, 0.1) is 0 Å². The smallest absolute Gasteiger partial charge is 0.233 e. The lowest BCUT2D eigenvalue weighted by atomic mass is 9.94. The van der Waals surface area contributed by atoms with Crippen molar-refractivity contribution >= 4 is 15.9 Å². The van der Waals surface area contributed by atoms with E-state index in [2.05, 4.69) is 4.72 Å². The van der Waals surface area contributed by atoms with E-state index in [-0.39, 0.29) is 12.5 Å². The first-order valence-electron chi connectivity index (χ1n) is 7.79. The minimum Gasteiger partial charge on any atom is -0.497 e.